The molecule has 1 atom stereocenters. The molecular formula is C19H28N2O4S. The fourth-order valence-corrected chi connectivity index (χ4v) is 4.62. The van der Waals surface area contributed by atoms with Crippen molar-refractivity contribution in [1.29, 1.82) is 0 Å². The highest BCUT2D eigenvalue weighted by Gasteiger charge is 2.30. The predicted octanol–water partition coefficient (Wildman–Crippen LogP) is 2.02. The van der Waals surface area contributed by atoms with E-state index in [9.17, 15) is 13.2 Å². The van der Waals surface area contributed by atoms with Crippen molar-refractivity contribution in [3.63, 3.8) is 0 Å². The largest absolute Gasteiger partial charge is 0.368 e. The lowest BCUT2D eigenvalue weighted by atomic mass is 9.98. The minimum atomic E-state index is -3.41. The zero-order valence-electron chi connectivity index (χ0n) is 15.3. The lowest BCUT2D eigenvalue weighted by molar-refractivity contribution is -0.132. The van der Waals surface area contributed by atoms with E-state index in [1.165, 1.54) is 12.8 Å². The Morgan fingerprint density at radius 1 is 1.15 bits per heavy atom. The number of carbonyl (C=O) groups is 1. The summed E-state index contributed by atoms with van der Waals surface area (Å²) in [5.41, 5.74) is 0. The molecule has 1 amide bonds. The van der Waals surface area contributed by atoms with Gasteiger partial charge in [-0.2, -0.15) is 4.31 Å². The van der Waals surface area contributed by atoms with Gasteiger partial charge in [0.25, 0.3) is 0 Å². The normalized spacial score (nSPS) is 20.7. The number of benzene rings is 1. The molecule has 1 N–H and O–H groups in total. The molecule has 1 heterocycles. The van der Waals surface area contributed by atoms with E-state index in [-0.39, 0.29) is 5.91 Å². The van der Waals surface area contributed by atoms with Crippen LogP contribution in [0.4, 0.5) is 0 Å². The molecule has 0 bridgehead atoms. The van der Waals surface area contributed by atoms with Crippen LogP contribution < -0.4 is 5.32 Å². The second-order valence-electron chi connectivity index (χ2n) is 7.32. The van der Waals surface area contributed by atoms with Gasteiger partial charge in [0.1, 0.15) is 6.10 Å². The molecule has 2 aliphatic rings. The molecule has 1 saturated carbocycles. The van der Waals surface area contributed by atoms with Gasteiger partial charge in [-0.15, -0.1) is 0 Å². The van der Waals surface area contributed by atoms with E-state index in [1.807, 2.05) is 6.07 Å². The Bertz CT molecular complexity index is 696. The van der Waals surface area contributed by atoms with Crippen molar-refractivity contribution in [2.75, 3.05) is 26.2 Å². The van der Waals surface area contributed by atoms with Gasteiger partial charge in [-0.3, -0.25) is 4.79 Å². The van der Waals surface area contributed by atoms with Crippen molar-refractivity contribution in [1.82, 2.24) is 9.62 Å². The molecule has 3 rings (SSSR count). The smallest absolute Gasteiger partial charge is 0.248 e. The van der Waals surface area contributed by atoms with Crippen LogP contribution in [0, 0.1) is 11.8 Å². The fraction of sp³-hybridized carbons (Fsp3) is 0.632. The first-order valence-electron chi connectivity index (χ1n) is 9.41. The summed E-state index contributed by atoms with van der Waals surface area (Å²) in [5, 5.41) is 2.95. The highest BCUT2D eigenvalue weighted by atomic mass is 32.2. The molecule has 1 saturated heterocycles. The zero-order valence-corrected chi connectivity index (χ0v) is 16.1. The molecule has 2 fully saturated rings. The van der Waals surface area contributed by atoms with Crippen molar-refractivity contribution in [2.45, 2.75) is 43.6 Å². The number of amides is 1. The van der Waals surface area contributed by atoms with Gasteiger partial charge in [0, 0.05) is 19.6 Å². The third-order valence-electron chi connectivity index (χ3n) is 5.17. The number of hydrogen-bond acceptors (Lipinski definition) is 4. The summed E-state index contributed by atoms with van der Waals surface area (Å²) in [6.45, 7) is 4.02. The van der Waals surface area contributed by atoms with Crippen LogP contribution in [0.5, 0.6) is 0 Å². The topological polar surface area (TPSA) is 75.7 Å². The van der Waals surface area contributed by atoms with E-state index in [4.69, 9.17) is 4.74 Å². The molecule has 6 nitrogen and oxygen atoms in total. The molecule has 7 heteroatoms. The lowest BCUT2D eigenvalue weighted by Gasteiger charge is -2.31. The average Bonchev–Trinajstić information content (AvgIpc) is 3.49. The highest BCUT2D eigenvalue weighted by molar-refractivity contribution is 7.89. The van der Waals surface area contributed by atoms with E-state index < -0.39 is 16.1 Å². The molecule has 1 aromatic rings. The minimum absolute atomic E-state index is 0.0787. The molecule has 1 aliphatic heterocycles. The van der Waals surface area contributed by atoms with Gasteiger partial charge in [-0.1, -0.05) is 18.2 Å². The highest BCUT2D eigenvalue weighted by Crippen LogP contribution is 2.29. The molecule has 26 heavy (non-hydrogen) atoms. The van der Waals surface area contributed by atoms with Crippen LogP contribution in [0.3, 0.4) is 0 Å². The first kappa shape index (κ1) is 19.3. The Kier molecular flexibility index (Phi) is 6.32. The molecule has 1 aliphatic carbocycles. The zero-order chi connectivity index (χ0) is 18.6. The minimum Gasteiger partial charge on any atom is -0.368 e. The Balaban J connectivity index is 1.41. The van der Waals surface area contributed by atoms with E-state index in [1.54, 1.807) is 35.5 Å². The Morgan fingerprint density at radius 3 is 2.42 bits per heavy atom. The lowest BCUT2D eigenvalue weighted by Crippen LogP contribution is -2.43. The van der Waals surface area contributed by atoms with Crippen molar-refractivity contribution >= 4 is 15.9 Å². The van der Waals surface area contributed by atoms with Crippen LogP contribution in [0.1, 0.15) is 32.6 Å². The first-order valence-corrected chi connectivity index (χ1v) is 10.9. The van der Waals surface area contributed by atoms with Crippen LogP contribution in [0.2, 0.25) is 0 Å². The number of piperidine rings is 1. The number of nitrogens with one attached hydrogen (secondary N) is 1. The van der Waals surface area contributed by atoms with Gasteiger partial charge in [0.05, 0.1) is 11.5 Å². The van der Waals surface area contributed by atoms with Gasteiger partial charge in [0.2, 0.25) is 15.9 Å². The Morgan fingerprint density at radius 2 is 1.81 bits per heavy atom. The summed E-state index contributed by atoms with van der Waals surface area (Å²) >= 11 is 0. The number of sulfonamides is 1. The van der Waals surface area contributed by atoms with Crippen LogP contribution in [0.15, 0.2) is 35.2 Å². The summed E-state index contributed by atoms with van der Waals surface area (Å²) in [5.74, 6) is 0.864. The predicted molar refractivity (Wildman–Crippen MR) is 99.1 cm³/mol. The maximum atomic E-state index is 12.6. The van der Waals surface area contributed by atoms with Gasteiger partial charge in [-0.05, 0) is 56.6 Å². The third-order valence-corrected chi connectivity index (χ3v) is 7.08. The molecule has 1 aromatic carbocycles. The summed E-state index contributed by atoms with van der Waals surface area (Å²) in [6, 6.07) is 8.54. The third kappa shape index (κ3) is 5.05. The van der Waals surface area contributed by atoms with Crippen LogP contribution in [-0.4, -0.2) is 51.0 Å². The number of carbonyl (C=O) groups excluding carboxylic acids is 1. The summed E-state index contributed by atoms with van der Waals surface area (Å²) < 4.78 is 32.4. The average molecular weight is 381 g/mol. The maximum absolute atomic E-state index is 12.6. The molecule has 0 spiro atoms. The number of hydrogen-bond donors (Lipinski definition) is 1. The van der Waals surface area contributed by atoms with Crippen LogP contribution in [-0.2, 0) is 19.6 Å². The molecule has 0 radical (unpaired) electrons. The Labute approximate surface area is 156 Å². The summed E-state index contributed by atoms with van der Waals surface area (Å²) in [6.07, 6.45) is 3.50. The summed E-state index contributed by atoms with van der Waals surface area (Å²) in [4.78, 5) is 12.4. The van der Waals surface area contributed by atoms with Crippen molar-refractivity contribution in [3.8, 4) is 0 Å². The monoisotopic (exact) mass is 380 g/mol. The van der Waals surface area contributed by atoms with Gasteiger partial charge >= 0.3 is 0 Å². The molecule has 0 aromatic heterocycles. The fourth-order valence-electron chi connectivity index (χ4n) is 3.12. The van der Waals surface area contributed by atoms with Crippen LogP contribution in [0.25, 0.3) is 0 Å². The molecular weight excluding hydrogens is 352 g/mol. The van der Waals surface area contributed by atoms with Gasteiger partial charge in [0.15, 0.2) is 0 Å². The standard InChI is InChI=1S/C19H28N2O4S/c1-15(25-14-17-7-8-17)19(22)20-13-16-9-11-21(12-10-16)26(23,24)18-5-3-2-4-6-18/h2-6,15-17H,7-14H2,1H3,(H,20,22). The van der Waals surface area contributed by atoms with Crippen molar-refractivity contribution < 1.29 is 17.9 Å². The first-order chi connectivity index (χ1) is 12.5. The van der Waals surface area contributed by atoms with Crippen molar-refractivity contribution in [2.24, 2.45) is 11.8 Å². The van der Waals surface area contributed by atoms with E-state index >= 15 is 0 Å². The second kappa shape index (κ2) is 8.50. The number of ether oxygens (including phenoxy) is 1. The second-order valence-corrected chi connectivity index (χ2v) is 9.26. The maximum Gasteiger partial charge on any atom is 0.248 e. The van der Waals surface area contributed by atoms with Crippen molar-refractivity contribution in [3.05, 3.63) is 30.3 Å². The van der Waals surface area contributed by atoms with E-state index in [0.717, 1.165) is 12.8 Å². The molecule has 1 unspecified atom stereocenters. The van der Waals surface area contributed by atoms with Gasteiger partial charge < -0.3 is 10.1 Å². The quantitative estimate of drug-likeness (QED) is 0.749. The number of rotatable bonds is 8. The number of nitrogens with zero attached hydrogens (tertiary/aromatic N) is 1. The van der Waals surface area contributed by atoms with Gasteiger partial charge in [-0.25, -0.2) is 8.42 Å². The SMILES string of the molecule is CC(OCC1CC1)C(=O)NCC1CCN(S(=O)(=O)c2ccccc2)CC1. The van der Waals surface area contributed by atoms with E-state index in [2.05, 4.69) is 5.32 Å². The summed E-state index contributed by atoms with van der Waals surface area (Å²) in [7, 11) is -3.41. The molecule has 144 valence electrons. The van der Waals surface area contributed by atoms with Crippen LogP contribution >= 0.6 is 0 Å². The van der Waals surface area contributed by atoms with E-state index in [0.29, 0.717) is 43.0 Å². The Hall–Kier alpha value is -1.44.